The Morgan fingerprint density at radius 2 is 1.79 bits per heavy atom. The molecule has 0 radical (unpaired) electrons. The molecule has 0 saturated carbocycles. The summed E-state index contributed by atoms with van der Waals surface area (Å²) >= 11 is 0. The quantitative estimate of drug-likeness (QED) is 0.271. The highest BCUT2D eigenvalue weighted by molar-refractivity contribution is 14.0. The Morgan fingerprint density at radius 1 is 1.14 bits per heavy atom. The molecule has 0 amide bonds. The average Bonchev–Trinajstić information content (AvgIpc) is 2.65. The number of aliphatic imine (C=N–C) groups is 1. The van der Waals surface area contributed by atoms with Crippen LogP contribution in [0.25, 0.3) is 0 Å². The van der Waals surface area contributed by atoms with E-state index in [2.05, 4.69) is 20.4 Å². The molecule has 0 spiro atoms. The predicted octanol–water partition coefficient (Wildman–Crippen LogP) is 2.46. The number of hydrogen-bond donors (Lipinski definition) is 3. The smallest absolute Gasteiger partial charge is 0.387 e. The molecule has 4 N–H and O–H groups in total. The van der Waals surface area contributed by atoms with E-state index in [4.69, 9.17) is 5.14 Å². The molecule has 0 fully saturated rings. The lowest BCUT2D eigenvalue weighted by Gasteiger charge is -2.14. The van der Waals surface area contributed by atoms with Crippen molar-refractivity contribution >= 4 is 40.0 Å². The third kappa shape index (κ3) is 8.50. The van der Waals surface area contributed by atoms with Crippen LogP contribution in [0.3, 0.4) is 0 Å². The van der Waals surface area contributed by atoms with Crippen LogP contribution in [-0.4, -0.2) is 34.6 Å². The number of hydrogen-bond acceptors (Lipinski definition) is 4. The summed E-state index contributed by atoms with van der Waals surface area (Å²) in [5.74, 6) is 0.600. The highest BCUT2D eigenvalue weighted by atomic mass is 127. The van der Waals surface area contributed by atoms with E-state index in [1.807, 2.05) is 0 Å². The van der Waals surface area contributed by atoms with Crippen molar-refractivity contribution < 1.29 is 21.9 Å². The lowest BCUT2D eigenvalue weighted by molar-refractivity contribution is -0.0504. The fourth-order valence-electron chi connectivity index (χ4n) is 2.43. The van der Waals surface area contributed by atoms with Crippen molar-refractivity contribution in [3.05, 3.63) is 59.7 Å². The summed E-state index contributed by atoms with van der Waals surface area (Å²) in [4.78, 5) is 4.14. The summed E-state index contributed by atoms with van der Waals surface area (Å²) in [6.45, 7) is -2.10. The molecule has 2 aromatic carbocycles. The van der Waals surface area contributed by atoms with Gasteiger partial charge in [-0.15, -0.1) is 24.0 Å². The van der Waals surface area contributed by atoms with Gasteiger partial charge in [0.1, 0.15) is 5.75 Å². The molecular weight excluding hydrogens is 517 g/mol. The Morgan fingerprint density at radius 3 is 2.38 bits per heavy atom. The second kappa shape index (κ2) is 11.9. The molecule has 0 atom stereocenters. The normalized spacial score (nSPS) is 11.7. The standard InChI is InChI=1S/C18H22F2N4O3S.HI/c1-22-18(24-12-14-4-2-3-5-16(14)27-17(19)20)23-11-10-13-6-8-15(9-7-13)28(21,25)26;/h2-9,17H,10-12H2,1H3,(H2,21,25,26)(H2,22,23,24);1H. The first-order valence-corrected chi connectivity index (χ1v) is 9.93. The van der Waals surface area contributed by atoms with Gasteiger partial charge in [0.15, 0.2) is 5.96 Å². The van der Waals surface area contributed by atoms with Gasteiger partial charge in [-0.25, -0.2) is 13.6 Å². The molecule has 11 heteroatoms. The van der Waals surface area contributed by atoms with E-state index in [0.29, 0.717) is 24.5 Å². The highest BCUT2D eigenvalue weighted by Gasteiger charge is 2.10. The van der Waals surface area contributed by atoms with E-state index in [9.17, 15) is 17.2 Å². The summed E-state index contributed by atoms with van der Waals surface area (Å²) in [5.41, 5.74) is 1.50. The van der Waals surface area contributed by atoms with Gasteiger partial charge in [-0.05, 0) is 30.2 Å². The third-order valence-corrected chi connectivity index (χ3v) is 4.75. The Kier molecular flexibility index (Phi) is 10.3. The lowest BCUT2D eigenvalue weighted by Crippen LogP contribution is -2.38. The molecule has 0 aromatic heterocycles. The molecule has 160 valence electrons. The van der Waals surface area contributed by atoms with Gasteiger partial charge in [0, 0.05) is 25.7 Å². The maximum atomic E-state index is 12.5. The van der Waals surface area contributed by atoms with Crippen molar-refractivity contribution in [2.75, 3.05) is 13.6 Å². The minimum absolute atomic E-state index is 0. The van der Waals surface area contributed by atoms with E-state index >= 15 is 0 Å². The molecule has 0 bridgehead atoms. The summed E-state index contributed by atoms with van der Waals surface area (Å²) in [6.07, 6.45) is 0.622. The second-order valence-electron chi connectivity index (χ2n) is 5.78. The van der Waals surface area contributed by atoms with E-state index < -0.39 is 16.6 Å². The minimum atomic E-state index is -3.70. The number of nitrogens with two attached hydrogens (primary N) is 1. The number of guanidine groups is 1. The molecule has 0 aliphatic rings. The van der Waals surface area contributed by atoms with Gasteiger partial charge in [0.2, 0.25) is 10.0 Å². The maximum absolute atomic E-state index is 12.5. The number of para-hydroxylation sites is 1. The van der Waals surface area contributed by atoms with Gasteiger partial charge in [-0.3, -0.25) is 4.99 Å². The van der Waals surface area contributed by atoms with Crippen molar-refractivity contribution in [2.45, 2.75) is 24.5 Å². The molecule has 0 unspecified atom stereocenters. The topological polar surface area (TPSA) is 106 Å². The van der Waals surface area contributed by atoms with Crippen LogP contribution in [-0.2, 0) is 23.0 Å². The first kappa shape index (κ1) is 25.0. The van der Waals surface area contributed by atoms with Crippen LogP contribution in [0.5, 0.6) is 5.75 Å². The fraction of sp³-hybridized carbons (Fsp3) is 0.278. The molecule has 0 saturated heterocycles. The number of benzene rings is 2. The molecule has 7 nitrogen and oxygen atoms in total. The largest absolute Gasteiger partial charge is 0.434 e. The van der Waals surface area contributed by atoms with Gasteiger partial charge < -0.3 is 15.4 Å². The Hall–Kier alpha value is -1.99. The molecule has 0 aliphatic heterocycles. The third-order valence-electron chi connectivity index (χ3n) is 3.82. The van der Waals surface area contributed by atoms with Crippen LogP contribution in [0.2, 0.25) is 0 Å². The second-order valence-corrected chi connectivity index (χ2v) is 7.34. The van der Waals surface area contributed by atoms with Gasteiger partial charge in [-0.1, -0.05) is 30.3 Å². The van der Waals surface area contributed by atoms with Gasteiger partial charge in [0.05, 0.1) is 4.90 Å². The van der Waals surface area contributed by atoms with Crippen LogP contribution in [0.4, 0.5) is 8.78 Å². The number of primary sulfonamides is 1. The van der Waals surface area contributed by atoms with Crippen molar-refractivity contribution in [3.63, 3.8) is 0 Å². The highest BCUT2D eigenvalue weighted by Crippen LogP contribution is 2.19. The lowest BCUT2D eigenvalue weighted by atomic mass is 10.1. The van der Waals surface area contributed by atoms with Crippen LogP contribution in [0.15, 0.2) is 58.4 Å². The molecular formula is C18H23F2IN4O3S. The number of halogens is 3. The molecule has 29 heavy (non-hydrogen) atoms. The average molecular weight is 540 g/mol. The van der Waals surface area contributed by atoms with Crippen LogP contribution in [0, 0.1) is 0 Å². The molecule has 0 aliphatic carbocycles. The Bertz CT molecular complexity index is 910. The minimum Gasteiger partial charge on any atom is -0.434 e. The first-order valence-electron chi connectivity index (χ1n) is 8.38. The molecule has 2 aromatic rings. The number of nitrogens with zero attached hydrogens (tertiary/aromatic N) is 1. The summed E-state index contributed by atoms with van der Waals surface area (Å²) < 4.78 is 51.9. The SMILES string of the molecule is CN=C(NCCc1ccc(S(N)(=O)=O)cc1)NCc1ccccc1OC(F)F.I. The zero-order valence-electron chi connectivity index (χ0n) is 15.6. The van der Waals surface area contributed by atoms with Gasteiger partial charge in [-0.2, -0.15) is 8.78 Å². The number of sulfonamides is 1. The summed E-state index contributed by atoms with van der Waals surface area (Å²) in [5, 5.41) is 11.2. The molecule has 0 heterocycles. The van der Waals surface area contributed by atoms with Crippen molar-refractivity contribution in [2.24, 2.45) is 10.1 Å². The summed E-state index contributed by atoms with van der Waals surface area (Å²) in [7, 11) is -2.11. The monoisotopic (exact) mass is 540 g/mol. The summed E-state index contributed by atoms with van der Waals surface area (Å²) in [6, 6.07) is 12.8. The molecule has 2 rings (SSSR count). The predicted molar refractivity (Wildman–Crippen MR) is 118 cm³/mol. The van der Waals surface area contributed by atoms with E-state index in [0.717, 1.165) is 5.56 Å². The Balaban J connectivity index is 0.00000420. The van der Waals surface area contributed by atoms with Gasteiger partial charge >= 0.3 is 6.61 Å². The zero-order chi connectivity index (χ0) is 20.6. The van der Waals surface area contributed by atoms with Gasteiger partial charge in [0.25, 0.3) is 0 Å². The maximum Gasteiger partial charge on any atom is 0.387 e. The first-order chi connectivity index (χ1) is 13.3. The number of alkyl halides is 2. The van der Waals surface area contributed by atoms with E-state index in [1.54, 1.807) is 37.4 Å². The van der Waals surface area contributed by atoms with Crippen molar-refractivity contribution in [1.82, 2.24) is 10.6 Å². The number of ether oxygens (including phenoxy) is 1. The number of rotatable bonds is 8. The van der Waals surface area contributed by atoms with E-state index in [-0.39, 0.29) is 41.2 Å². The zero-order valence-corrected chi connectivity index (χ0v) is 18.8. The Labute approximate surface area is 185 Å². The van der Waals surface area contributed by atoms with Crippen molar-refractivity contribution in [1.29, 1.82) is 0 Å². The number of nitrogens with one attached hydrogen (secondary N) is 2. The van der Waals surface area contributed by atoms with E-state index in [1.165, 1.54) is 18.2 Å². The van der Waals surface area contributed by atoms with Crippen LogP contribution >= 0.6 is 24.0 Å². The fourth-order valence-corrected chi connectivity index (χ4v) is 2.95. The van der Waals surface area contributed by atoms with Crippen molar-refractivity contribution in [3.8, 4) is 5.75 Å². The van der Waals surface area contributed by atoms with Crippen LogP contribution in [0.1, 0.15) is 11.1 Å². The van der Waals surface area contributed by atoms with Crippen LogP contribution < -0.4 is 20.5 Å².